The van der Waals surface area contributed by atoms with Crippen LogP contribution in [0.2, 0.25) is 0 Å². The van der Waals surface area contributed by atoms with E-state index in [1.54, 1.807) is 17.1 Å². The number of fused-ring (bicyclic) bond motifs is 3. The number of halogens is 3. The average Bonchev–Trinajstić information content (AvgIpc) is 3.33. The van der Waals surface area contributed by atoms with Crippen molar-refractivity contribution in [3.8, 4) is 11.4 Å². The van der Waals surface area contributed by atoms with Gasteiger partial charge in [-0.05, 0) is 65.4 Å². The van der Waals surface area contributed by atoms with Gasteiger partial charge in [0, 0.05) is 34.8 Å². The van der Waals surface area contributed by atoms with Crippen molar-refractivity contribution in [1.29, 1.82) is 0 Å². The van der Waals surface area contributed by atoms with Gasteiger partial charge in [-0.25, -0.2) is 4.68 Å². The van der Waals surface area contributed by atoms with Crippen molar-refractivity contribution in [1.82, 2.24) is 20.0 Å². The molecule has 0 fully saturated rings. The monoisotopic (exact) mass is 533 g/mol. The first-order valence-electron chi connectivity index (χ1n) is 11.9. The van der Waals surface area contributed by atoms with Crippen LogP contribution < -0.4 is 4.74 Å². The largest absolute Gasteiger partial charge is 0.573 e. The molecule has 0 amide bonds. The standard InChI is InChI=1S/C28H22F3N5OS/c1-2-19-4-3-13-33-25(19)15-23(38)17-32-16-18-5-11-24-20(14-18)6-12-26-27(24)34-35-36(26)21-7-9-22(10-8-21)37-28(29,30)31/h3-14,16H,2,15,17H2,1H3. The average molecular weight is 534 g/mol. The molecule has 0 saturated carbocycles. The topological polar surface area (TPSA) is 65.2 Å². The number of benzene rings is 3. The number of aliphatic imine (C=N–C) groups is 1. The van der Waals surface area contributed by atoms with Crippen LogP contribution in [0.3, 0.4) is 0 Å². The molecule has 0 atom stereocenters. The van der Waals surface area contributed by atoms with Crippen LogP contribution in [0.15, 0.2) is 77.9 Å². The minimum absolute atomic E-state index is 0.298. The summed E-state index contributed by atoms with van der Waals surface area (Å²) in [4.78, 5) is 9.81. The van der Waals surface area contributed by atoms with E-state index in [-0.39, 0.29) is 5.75 Å². The summed E-state index contributed by atoms with van der Waals surface area (Å²) in [5, 5.41) is 10.4. The lowest BCUT2D eigenvalue weighted by molar-refractivity contribution is -0.274. The predicted molar refractivity (Wildman–Crippen MR) is 145 cm³/mol. The summed E-state index contributed by atoms with van der Waals surface area (Å²) >= 11 is 5.53. The molecule has 3 aromatic carbocycles. The fraction of sp³-hybridized carbons (Fsp3) is 0.179. The smallest absolute Gasteiger partial charge is 0.406 e. The van der Waals surface area contributed by atoms with Crippen LogP contribution in [0.4, 0.5) is 13.2 Å². The molecule has 0 saturated heterocycles. The molecule has 2 heterocycles. The summed E-state index contributed by atoms with van der Waals surface area (Å²) < 4.78 is 42.9. The van der Waals surface area contributed by atoms with Crippen LogP contribution in [0.5, 0.6) is 5.75 Å². The van der Waals surface area contributed by atoms with Crippen molar-refractivity contribution in [3.63, 3.8) is 0 Å². The Kier molecular flexibility index (Phi) is 7.15. The zero-order valence-electron chi connectivity index (χ0n) is 20.3. The van der Waals surface area contributed by atoms with Crippen LogP contribution in [-0.2, 0) is 12.8 Å². The Labute approximate surface area is 221 Å². The molecule has 5 aromatic rings. The van der Waals surface area contributed by atoms with Crippen molar-refractivity contribution in [2.24, 2.45) is 4.99 Å². The SMILES string of the molecule is CCc1cccnc1CC(=S)CN=Cc1ccc2c(ccc3c2nnn3-c2ccc(OC(F)(F)F)cc2)c1. The molecule has 0 N–H and O–H groups in total. The van der Waals surface area contributed by atoms with Crippen molar-refractivity contribution >= 4 is 45.1 Å². The lowest BCUT2D eigenvalue weighted by Crippen LogP contribution is -2.17. The number of hydrogen-bond donors (Lipinski definition) is 0. The van der Waals surface area contributed by atoms with Crippen LogP contribution >= 0.6 is 12.2 Å². The summed E-state index contributed by atoms with van der Waals surface area (Å²) in [6.45, 7) is 2.54. The summed E-state index contributed by atoms with van der Waals surface area (Å²) in [6.07, 6.45) is 0.384. The van der Waals surface area contributed by atoms with Gasteiger partial charge in [-0.15, -0.1) is 18.3 Å². The lowest BCUT2D eigenvalue weighted by Gasteiger charge is -2.09. The fourth-order valence-corrected chi connectivity index (χ4v) is 4.45. The number of pyridine rings is 1. The van der Waals surface area contributed by atoms with E-state index in [9.17, 15) is 13.2 Å². The Balaban J connectivity index is 1.31. The second-order valence-corrected chi connectivity index (χ2v) is 9.18. The molecule has 0 radical (unpaired) electrons. The van der Waals surface area contributed by atoms with Gasteiger partial charge >= 0.3 is 6.36 Å². The zero-order chi connectivity index (χ0) is 26.7. The molecule has 0 aliphatic carbocycles. The molecule has 0 bridgehead atoms. The Morgan fingerprint density at radius 2 is 1.89 bits per heavy atom. The van der Waals surface area contributed by atoms with Crippen LogP contribution in [0.25, 0.3) is 27.5 Å². The molecule has 38 heavy (non-hydrogen) atoms. The molecule has 192 valence electrons. The van der Waals surface area contributed by atoms with E-state index in [1.807, 2.05) is 36.4 Å². The minimum Gasteiger partial charge on any atom is -0.406 e. The highest BCUT2D eigenvalue weighted by molar-refractivity contribution is 7.80. The summed E-state index contributed by atoms with van der Waals surface area (Å²) in [5.41, 5.74) is 5.12. The van der Waals surface area contributed by atoms with Gasteiger partial charge in [-0.1, -0.05) is 48.6 Å². The fourth-order valence-electron chi connectivity index (χ4n) is 4.24. The van der Waals surface area contributed by atoms with Crippen LogP contribution in [0, 0.1) is 0 Å². The number of aryl methyl sites for hydroxylation is 1. The summed E-state index contributed by atoms with van der Waals surface area (Å²) in [5.74, 6) is -0.298. The summed E-state index contributed by atoms with van der Waals surface area (Å²) in [6, 6.07) is 19.2. The highest BCUT2D eigenvalue weighted by Crippen LogP contribution is 2.28. The Morgan fingerprint density at radius 3 is 2.66 bits per heavy atom. The van der Waals surface area contributed by atoms with Crippen molar-refractivity contribution in [2.45, 2.75) is 26.1 Å². The Hall–Kier alpha value is -4.18. The van der Waals surface area contributed by atoms with Gasteiger partial charge in [0.15, 0.2) is 0 Å². The second-order valence-electron chi connectivity index (χ2n) is 8.60. The number of nitrogens with zero attached hydrogens (tertiary/aromatic N) is 5. The number of alkyl halides is 3. The van der Waals surface area contributed by atoms with Gasteiger partial charge in [-0.3, -0.25) is 9.98 Å². The number of ether oxygens (including phenoxy) is 1. The Bertz CT molecular complexity index is 1640. The molecule has 5 rings (SSSR count). The molecule has 0 aliphatic heterocycles. The maximum Gasteiger partial charge on any atom is 0.573 e. The van der Waals surface area contributed by atoms with Gasteiger partial charge < -0.3 is 4.74 Å². The van der Waals surface area contributed by atoms with Gasteiger partial charge in [0.05, 0.1) is 17.7 Å². The third kappa shape index (κ3) is 5.70. The predicted octanol–water partition coefficient (Wildman–Crippen LogP) is 6.46. The molecule has 10 heteroatoms. The second kappa shape index (κ2) is 10.7. The number of rotatable bonds is 8. The van der Waals surface area contributed by atoms with Crippen LogP contribution in [0.1, 0.15) is 23.7 Å². The highest BCUT2D eigenvalue weighted by Gasteiger charge is 2.31. The molecular formula is C28H22F3N5OS. The van der Waals surface area contributed by atoms with E-state index in [1.165, 1.54) is 29.8 Å². The normalized spacial score (nSPS) is 12.0. The van der Waals surface area contributed by atoms with Crippen LogP contribution in [-0.4, -0.2) is 44.0 Å². The van der Waals surface area contributed by atoms with Gasteiger partial charge in [0.25, 0.3) is 0 Å². The quantitative estimate of drug-likeness (QED) is 0.169. The van der Waals surface area contributed by atoms with E-state index in [2.05, 4.69) is 38.0 Å². The number of hydrogen-bond acceptors (Lipinski definition) is 6. The lowest BCUT2D eigenvalue weighted by atomic mass is 10.1. The Morgan fingerprint density at radius 1 is 1.08 bits per heavy atom. The maximum atomic E-state index is 12.4. The minimum atomic E-state index is -4.74. The number of aromatic nitrogens is 4. The van der Waals surface area contributed by atoms with Crippen molar-refractivity contribution in [2.75, 3.05) is 6.54 Å². The zero-order valence-corrected chi connectivity index (χ0v) is 21.1. The first-order chi connectivity index (χ1) is 18.3. The van der Waals surface area contributed by atoms with Gasteiger partial charge in [-0.2, -0.15) is 0 Å². The van der Waals surface area contributed by atoms with E-state index in [4.69, 9.17) is 12.2 Å². The van der Waals surface area contributed by atoms with Gasteiger partial charge in [0.1, 0.15) is 11.3 Å². The van der Waals surface area contributed by atoms with Crippen molar-refractivity contribution < 1.29 is 17.9 Å². The third-order valence-corrected chi connectivity index (χ3v) is 6.28. The highest BCUT2D eigenvalue weighted by atomic mass is 32.1. The molecular weight excluding hydrogens is 511 g/mol. The first kappa shape index (κ1) is 25.5. The molecule has 0 unspecified atom stereocenters. The first-order valence-corrected chi connectivity index (χ1v) is 12.3. The van der Waals surface area contributed by atoms with Gasteiger partial charge in [0.2, 0.25) is 0 Å². The number of thiocarbonyl (C=S) groups is 1. The third-order valence-electron chi connectivity index (χ3n) is 6.01. The van der Waals surface area contributed by atoms with E-state index in [0.717, 1.165) is 38.8 Å². The molecule has 0 aliphatic rings. The molecule has 2 aromatic heterocycles. The molecule has 6 nitrogen and oxygen atoms in total. The summed E-state index contributed by atoms with van der Waals surface area (Å²) in [7, 11) is 0. The van der Waals surface area contributed by atoms with E-state index < -0.39 is 6.36 Å². The van der Waals surface area contributed by atoms with Crippen molar-refractivity contribution in [3.05, 3.63) is 89.7 Å². The van der Waals surface area contributed by atoms with E-state index in [0.29, 0.717) is 24.2 Å². The maximum absolute atomic E-state index is 12.4. The van der Waals surface area contributed by atoms with E-state index >= 15 is 0 Å². The molecule has 0 spiro atoms.